The number of esters is 1. The summed E-state index contributed by atoms with van der Waals surface area (Å²) in [7, 11) is 0. The van der Waals surface area contributed by atoms with Crippen LogP contribution < -0.4 is 4.74 Å². The monoisotopic (exact) mass is 332 g/mol. The smallest absolute Gasteiger partial charge is 0.343 e. The van der Waals surface area contributed by atoms with Crippen molar-refractivity contribution in [2.75, 3.05) is 0 Å². The maximum Gasteiger partial charge on any atom is 0.343 e. The zero-order chi connectivity index (χ0) is 15.8. The van der Waals surface area contributed by atoms with Gasteiger partial charge in [0.2, 0.25) is 0 Å². The van der Waals surface area contributed by atoms with E-state index in [-0.39, 0.29) is 23.1 Å². The van der Waals surface area contributed by atoms with Crippen molar-refractivity contribution in [1.29, 1.82) is 0 Å². The van der Waals surface area contributed by atoms with E-state index in [0.29, 0.717) is 5.02 Å². The summed E-state index contributed by atoms with van der Waals surface area (Å²) in [6, 6.07) is 4.46. The van der Waals surface area contributed by atoms with E-state index in [1.807, 2.05) is 0 Å². The van der Waals surface area contributed by atoms with Gasteiger partial charge in [-0.2, -0.15) is 0 Å². The third-order valence-electron chi connectivity index (χ3n) is 3.67. The Bertz CT molecular complexity index is 589. The predicted molar refractivity (Wildman–Crippen MR) is 76.8 cm³/mol. The highest BCUT2D eigenvalue weighted by molar-refractivity contribution is 6.35. The van der Waals surface area contributed by atoms with Gasteiger partial charge in [-0.25, -0.2) is 9.59 Å². The quantitative estimate of drug-likeness (QED) is 0.679. The second-order valence-corrected chi connectivity index (χ2v) is 6.00. The van der Waals surface area contributed by atoms with Crippen LogP contribution in [0.5, 0.6) is 5.75 Å². The molecule has 0 spiro atoms. The van der Waals surface area contributed by atoms with Crippen LogP contribution >= 0.6 is 23.2 Å². The van der Waals surface area contributed by atoms with E-state index in [4.69, 9.17) is 37.8 Å². The first-order valence-electron chi connectivity index (χ1n) is 6.32. The fourth-order valence-corrected chi connectivity index (χ4v) is 2.61. The molecule has 0 bridgehead atoms. The van der Waals surface area contributed by atoms with E-state index in [1.54, 1.807) is 6.92 Å². The number of carboxylic acids is 1. The Kier molecular flexibility index (Phi) is 4.46. The second-order valence-electron chi connectivity index (χ2n) is 5.15. The summed E-state index contributed by atoms with van der Waals surface area (Å²) < 4.78 is 10.6. The van der Waals surface area contributed by atoms with Crippen LogP contribution in [-0.4, -0.2) is 28.8 Å². The van der Waals surface area contributed by atoms with Gasteiger partial charge in [0, 0.05) is 5.02 Å². The number of rotatable bonds is 3. The molecule has 5 nitrogen and oxygen atoms in total. The van der Waals surface area contributed by atoms with Crippen molar-refractivity contribution in [2.24, 2.45) is 5.92 Å². The van der Waals surface area contributed by atoms with Crippen LogP contribution in [0, 0.1) is 5.92 Å². The van der Waals surface area contributed by atoms with Crippen molar-refractivity contribution in [2.45, 2.75) is 32.0 Å². The summed E-state index contributed by atoms with van der Waals surface area (Å²) in [5, 5.41) is 9.61. The maximum atomic E-state index is 12.3. The normalized spacial score (nSPS) is 28.4. The number of benzene rings is 1. The Labute approximate surface area is 131 Å². The zero-order valence-electron chi connectivity index (χ0n) is 11.4. The fraction of sp³-hybridized carbons (Fsp3) is 0.429. The minimum atomic E-state index is -1.33. The van der Waals surface area contributed by atoms with Gasteiger partial charge in [-0.3, -0.25) is 0 Å². The summed E-state index contributed by atoms with van der Waals surface area (Å²) in [4.78, 5) is 23.3. The van der Waals surface area contributed by atoms with Crippen LogP contribution in [0.25, 0.3) is 0 Å². The summed E-state index contributed by atoms with van der Waals surface area (Å²) in [6.45, 7) is 3.26. The topological polar surface area (TPSA) is 72.8 Å². The average Bonchev–Trinajstić information content (AvgIpc) is 2.71. The zero-order valence-corrected chi connectivity index (χ0v) is 12.9. The van der Waals surface area contributed by atoms with Crippen LogP contribution in [0.2, 0.25) is 10.0 Å². The van der Waals surface area contributed by atoms with Crippen molar-refractivity contribution in [3.63, 3.8) is 0 Å². The van der Waals surface area contributed by atoms with Gasteiger partial charge in [-0.1, -0.05) is 30.1 Å². The standard InChI is InChI=1S/C14H14Cl2O5/c1-7-5-11(12(17)18)21-14(7,2)13(19)20-10-4-3-8(15)6-9(10)16/h3-4,6-7,11H,5H2,1-2H3,(H,17,18)/t7-,11?,14+/m1/s1. The molecule has 7 heteroatoms. The fourth-order valence-electron chi connectivity index (χ4n) is 2.17. The van der Waals surface area contributed by atoms with Crippen LogP contribution in [0.15, 0.2) is 18.2 Å². The molecule has 0 radical (unpaired) electrons. The molecule has 1 saturated heterocycles. The lowest BCUT2D eigenvalue weighted by Gasteiger charge is -2.25. The van der Waals surface area contributed by atoms with Crippen LogP contribution in [0.4, 0.5) is 0 Å². The molecule has 1 unspecified atom stereocenters. The second kappa shape index (κ2) is 5.83. The van der Waals surface area contributed by atoms with Crippen LogP contribution in [0.1, 0.15) is 20.3 Å². The molecule has 2 rings (SSSR count). The SMILES string of the molecule is C[C@@H]1CC(C(=O)O)O[C@]1(C)C(=O)Oc1ccc(Cl)cc1Cl. The summed E-state index contributed by atoms with van der Waals surface area (Å²) in [5.74, 6) is -1.91. The highest BCUT2D eigenvalue weighted by Crippen LogP contribution is 2.38. The number of aliphatic carboxylic acids is 1. The molecular formula is C14H14Cl2O5. The summed E-state index contributed by atoms with van der Waals surface area (Å²) >= 11 is 11.7. The summed E-state index contributed by atoms with van der Waals surface area (Å²) in [5.41, 5.74) is -1.33. The lowest BCUT2D eigenvalue weighted by atomic mass is 9.90. The number of carboxylic acid groups (broad SMARTS) is 1. The van der Waals surface area contributed by atoms with Crippen molar-refractivity contribution in [3.05, 3.63) is 28.2 Å². The van der Waals surface area contributed by atoms with Gasteiger partial charge in [0.05, 0.1) is 5.02 Å². The molecule has 1 N–H and O–H groups in total. The molecular weight excluding hydrogens is 319 g/mol. The number of carbonyl (C=O) groups is 2. The van der Waals surface area contributed by atoms with E-state index >= 15 is 0 Å². The highest BCUT2D eigenvalue weighted by Gasteiger charge is 2.52. The Morgan fingerprint density at radius 3 is 2.62 bits per heavy atom. The molecule has 1 aliphatic heterocycles. The molecule has 0 aliphatic carbocycles. The van der Waals surface area contributed by atoms with Crippen molar-refractivity contribution in [3.8, 4) is 5.75 Å². The number of halogens is 2. The molecule has 1 aliphatic rings. The first-order valence-corrected chi connectivity index (χ1v) is 7.07. The molecule has 3 atom stereocenters. The number of hydrogen-bond donors (Lipinski definition) is 1. The molecule has 114 valence electrons. The summed E-state index contributed by atoms with van der Waals surface area (Å²) in [6.07, 6.45) is -0.770. The van der Waals surface area contributed by atoms with E-state index in [9.17, 15) is 9.59 Å². The molecule has 0 saturated carbocycles. The van der Waals surface area contributed by atoms with Gasteiger partial charge in [0.25, 0.3) is 0 Å². The minimum Gasteiger partial charge on any atom is -0.479 e. The first kappa shape index (κ1) is 16.1. The first-order chi connectivity index (χ1) is 9.74. The van der Waals surface area contributed by atoms with Gasteiger partial charge in [-0.05, 0) is 37.5 Å². The van der Waals surface area contributed by atoms with Gasteiger partial charge in [0.1, 0.15) is 5.75 Å². The van der Waals surface area contributed by atoms with E-state index in [0.717, 1.165) is 0 Å². The number of carbonyl (C=O) groups excluding carboxylic acids is 1. The minimum absolute atomic E-state index is 0.155. The Morgan fingerprint density at radius 1 is 1.43 bits per heavy atom. The van der Waals surface area contributed by atoms with E-state index in [1.165, 1.54) is 25.1 Å². The Hall–Kier alpha value is -1.30. The number of hydrogen-bond acceptors (Lipinski definition) is 4. The van der Waals surface area contributed by atoms with Crippen molar-refractivity contribution >= 4 is 35.1 Å². The largest absolute Gasteiger partial charge is 0.479 e. The third kappa shape index (κ3) is 3.15. The third-order valence-corrected chi connectivity index (χ3v) is 4.20. The van der Waals surface area contributed by atoms with E-state index < -0.39 is 23.6 Å². The maximum absolute atomic E-state index is 12.3. The molecule has 1 heterocycles. The van der Waals surface area contributed by atoms with Crippen LogP contribution in [0.3, 0.4) is 0 Å². The molecule has 1 aromatic carbocycles. The van der Waals surface area contributed by atoms with Gasteiger partial charge >= 0.3 is 11.9 Å². The lowest BCUT2D eigenvalue weighted by Crippen LogP contribution is -2.43. The molecule has 1 aromatic rings. The van der Waals surface area contributed by atoms with Gasteiger partial charge < -0.3 is 14.6 Å². The van der Waals surface area contributed by atoms with Crippen molar-refractivity contribution < 1.29 is 24.2 Å². The molecule has 0 amide bonds. The average molecular weight is 333 g/mol. The molecule has 21 heavy (non-hydrogen) atoms. The molecule has 0 aromatic heterocycles. The predicted octanol–water partition coefficient (Wildman–Crippen LogP) is 3.17. The highest BCUT2D eigenvalue weighted by atomic mass is 35.5. The van der Waals surface area contributed by atoms with Gasteiger partial charge in [0.15, 0.2) is 11.7 Å². The molecule has 1 fully saturated rings. The van der Waals surface area contributed by atoms with Crippen molar-refractivity contribution in [1.82, 2.24) is 0 Å². The van der Waals surface area contributed by atoms with Gasteiger partial charge in [-0.15, -0.1) is 0 Å². The Morgan fingerprint density at radius 2 is 2.10 bits per heavy atom. The number of ether oxygens (including phenoxy) is 2. The van der Waals surface area contributed by atoms with E-state index in [2.05, 4.69) is 0 Å². The van der Waals surface area contributed by atoms with Crippen LogP contribution in [-0.2, 0) is 14.3 Å². The Balaban J connectivity index is 2.17. The lowest BCUT2D eigenvalue weighted by molar-refractivity contribution is -0.169.